The number of ether oxygens (including phenoxy) is 1. The average molecular weight is 305 g/mol. The Hall–Kier alpha value is -1.75. The molecule has 0 radical (unpaired) electrons. The number of nitrogens with zero attached hydrogens (tertiary/aromatic N) is 1. The van der Waals surface area contributed by atoms with Gasteiger partial charge in [-0.15, -0.1) is 11.3 Å². The van der Waals surface area contributed by atoms with E-state index in [0.29, 0.717) is 11.6 Å². The Kier molecular flexibility index (Phi) is 4.73. The van der Waals surface area contributed by atoms with Crippen molar-refractivity contribution >= 4 is 22.8 Å². The molecule has 114 valence electrons. The molecule has 0 fully saturated rings. The number of thiophene rings is 1. The van der Waals surface area contributed by atoms with Gasteiger partial charge in [-0.1, -0.05) is 19.9 Å². The molecule has 2 aromatic rings. The fourth-order valence-corrected chi connectivity index (χ4v) is 2.78. The van der Waals surface area contributed by atoms with Crippen molar-refractivity contribution in [1.29, 1.82) is 0 Å². The van der Waals surface area contributed by atoms with E-state index in [1.54, 1.807) is 11.3 Å². The smallest absolute Gasteiger partial charge is 0.239 e. The van der Waals surface area contributed by atoms with Crippen molar-refractivity contribution in [3.8, 4) is 5.88 Å². The molecule has 0 saturated heterocycles. The first-order chi connectivity index (χ1) is 9.88. The summed E-state index contributed by atoms with van der Waals surface area (Å²) in [5, 5.41) is 5.48. The third-order valence-electron chi connectivity index (χ3n) is 3.14. The van der Waals surface area contributed by atoms with E-state index in [0.717, 1.165) is 12.4 Å². The monoisotopic (exact) mass is 305 g/mol. The fourth-order valence-electron chi connectivity index (χ4n) is 1.93. The molecule has 0 bridgehead atoms. The number of nitrogens with two attached hydrogens (primary N) is 1. The summed E-state index contributed by atoms with van der Waals surface area (Å²) in [5.41, 5.74) is 6.50. The minimum Gasteiger partial charge on any atom is -0.473 e. The fraction of sp³-hybridized carbons (Fsp3) is 0.438. The summed E-state index contributed by atoms with van der Waals surface area (Å²) in [4.78, 5) is 5.79. The van der Waals surface area contributed by atoms with Crippen LogP contribution in [-0.4, -0.2) is 17.6 Å². The predicted octanol–water partition coefficient (Wildman–Crippen LogP) is 3.90. The Morgan fingerprint density at radius 3 is 2.71 bits per heavy atom. The van der Waals surface area contributed by atoms with Gasteiger partial charge in [0.2, 0.25) is 5.88 Å². The summed E-state index contributed by atoms with van der Waals surface area (Å²) in [6, 6.07) is 7.95. The van der Waals surface area contributed by atoms with Crippen molar-refractivity contribution in [2.75, 3.05) is 17.6 Å². The Bertz CT molecular complexity index is 579. The maximum absolute atomic E-state index is 5.88. The zero-order chi connectivity index (χ0) is 15.5. The van der Waals surface area contributed by atoms with Crippen LogP contribution in [0.5, 0.6) is 5.88 Å². The molecule has 5 heteroatoms. The van der Waals surface area contributed by atoms with Crippen molar-refractivity contribution in [3.63, 3.8) is 0 Å². The summed E-state index contributed by atoms with van der Waals surface area (Å²) in [5.74, 6) is 1.27. The van der Waals surface area contributed by atoms with E-state index >= 15 is 0 Å². The second-order valence-corrected chi connectivity index (χ2v) is 6.92. The number of hydrogen-bond donors (Lipinski definition) is 2. The van der Waals surface area contributed by atoms with Crippen molar-refractivity contribution in [3.05, 3.63) is 34.5 Å². The van der Waals surface area contributed by atoms with Crippen molar-refractivity contribution in [2.45, 2.75) is 39.2 Å². The van der Waals surface area contributed by atoms with Crippen LogP contribution < -0.4 is 15.8 Å². The van der Waals surface area contributed by atoms with Crippen LogP contribution in [0.2, 0.25) is 0 Å². The predicted molar refractivity (Wildman–Crippen MR) is 90.2 cm³/mol. The van der Waals surface area contributed by atoms with Gasteiger partial charge in [0.25, 0.3) is 0 Å². The lowest BCUT2D eigenvalue weighted by atomic mass is 9.91. The zero-order valence-corrected chi connectivity index (χ0v) is 13.8. The van der Waals surface area contributed by atoms with Crippen LogP contribution in [0.4, 0.5) is 11.5 Å². The van der Waals surface area contributed by atoms with Gasteiger partial charge in [0.1, 0.15) is 5.82 Å². The molecule has 0 atom stereocenters. The first-order valence-corrected chi connectivity index (χ1v) is 7.97. The molecule has 0 aliphatic carbocycles. The standard InChI is InChI=1S/C16H23N3OS/c1-11(2)20-15-12(17)7-8-14(19-15)18-10-16(3,4)13-6-5-9-21-13/h5-9,11H,10,17H2,1-4H3,(H,18,19). The maximum atomic E-state index is 5.88. The molecule has 0 amide bonds. The lowest BCUT2D eigenvalue weighted by molar-refractivity contribution is 0.234. The molecule has 2 aromatic heterocycles. The summed E-state index contributed by atoms with van der Waals surface area (Å²) in [6.07, 6.45) is 0.0533. The van der Waals surface area contributed by atoms with Crippen LogP contribution in [0.15, 0.2) is 29.6 Å². The maximum Gasteiger partial charge on any atom is 0.239 e. The Morgan fingerprint density at radius 1 is 1.33 bits per heavy atom. The molecule has 2 rings (SSSR count). The molecule has 3 N–H and O–H groups in total. The molecule has 0 saturated carbocycles. The highest BCUT2D eigenvalue weighted by Crippen LogP contribution is 2.28. The second kappa shape index (κ2) is 6.35. The number of pyridine rings is 1. The molecular formula is C16H23N3OS. The highest BCUT2D eigenvalue weighted by Gasteiger charge is 2.21. The minimum absolute atomic E-state index is 0.0519. The normalized spacial score (nSPS) is 11.7. The van der Waals surface area contributed by atoms with E-state index in [1.165, 1.54) is 4.88 Å². The van der Waals surface area contributed by atoms with Gasteiger partial charge in [0.15, 0.2) is 0 Å². The van der Waals surface area contributed by atoms with Crippen molar-refractivity contribution in [2.24, 2.45) is 0 Å². The van der Waals surface area contributed by atoms with Crippen molar-refractivity contribution < 1.29 is 4.74 Å². The first-order valence-electron chi connectivity index (χ1n) is 7.09. The molecule has 0 aliphatic heterocycles. The molecular weight excluding hydrogens is 282 g/mol. The molecule has 0 spiro atoms. The summed E-state index contributed by atoms with van der Waals surface area (Å²) in [7, 11) is 0. The highest BCUT2D eigenvalue weighted by molar-refractivity contribution is 7.10. The van der Waals surface area contributed by atoms with Crippen LogP contribution in [0.1, 0.15) is 32.6 Å². The van der Waals surface area contributed by atoms with Crippen LogP contribution >= 0.6 is 11.3 Å². The zero-order valence-electron chi connectivity index (χ0n) is 13.0. The van der Waals surface area contributed by atoms with E-state index in [4.69, 9.17) is 10.5 Å². The third kappa shape index (κ3) is 4.11. The van der Waals surface area contributed by atoms with Gasteiger partial charge < -0.3 is 15.8 Å². The Morgan fingerprint density at radius 2 is 2.10 bits per heavy atom. The number of nitrogens with one attached hydrogen (secondary N) is 1. The van der Waals surface area contributed by atoms with Crippen molar-refractivity contribution in [1.82, 2.24) is 4.98 Å². The van der Waals surface area contributed by atoms with Gasteiger partial charge in [-0.3, -0.25) is 0 Å². The number of anilines is 2. The van der Waals surface area contributed by atoms with Crippen LogP contribution in [0, 0.1) is 0 Å². The van der Waals surface area contributed by atoms with Gasteiger partial charge in [-0.25, -0.2) is 0 Å². The van der Waals surface area contributed by atoms with E-state index in [9.17, 15) is 0 Å². The van der Waals surface area contributed by atoms with Gasteiger partial charge in [0, 0.05) is 16.8 Å². The molecule has 0 aromatic carbocycles. The molecule has 4 nitrogen and oxygen atoms in total. The van der Waals surface area contributed by atoms with E-state index < -0.39 is 0 Å². The lowest BCUT2D eigenvalue weighted by Gasteiger charge is -2.24. The minimum atomic E-state index is 0.0519. The highest BCUT2D eigenvalue weighted by atomic mass is 32.1. The van der Waals surface area contributed by atoms with Crippen LogP contribution in [0.25, 0.3) is 0 Å². The van der Waals surface area contributed by atoms with E-state index in [-0.39, 0.29) is 11.5 Å². The third-order valence-corrected chi connectivity index (χ3v) is 4.37. The van der Waals surface area contributed by atoms with Gasteiger partial charge in [0.05, 0.1) is 11.8 Å². The molecule has 2 heterocycles. The first kappa shape index (κ1) is 15.6. The lowest BCUT2D eigenvalue weighted by Crippen LogP contribution is -2.27. The summed E-state index contributed by atoms with van der Waals surface area (Å²) in [6.45, 7) is 9.15. The Labute approximate surface area is 130 Å². The van der Waals surface area contributed by atoms with Gasteiger partial charge in [-0.05, 0) is 37.4 Å². The topological polar surface area (TPSA) is 60.2 Å². The SMILES string of the molecule is CC(C)Oc1nc(NCC(C)(C)c2cccs2)ccc1N. The second-order valence-electron chi connectivity index (χ2n) is 5.97. The summed E-state index contributed by atoms with van der Waals surface area (Å²) >= 11 is 1.77. The number of aromatic nitrogens is 1. The van der Waals surface area contributed by atoms with Gasteiger partial charge in [-0.2, -0.15) is 4.98 Å². The van der Waals surface area contributed by atoms with Crippen LogP contribution in [0.3, 0.4) is 0 Å². The molecule has 21 heavy (non-hydrogen) atoms. The van der Waals surface area contributed by atoms with E-state index in [1.807, 2.05) is 26.0 Å². The quantitative estimate of drug-likeness (QED) is 0.849. The van der Waals surface area contributed by atoms with Gasteiger partial charge >= 0.3 is 0 Å². The molecule has 0 aliphatic rings. The largest absolute Gasteiger partial charge is 0.473 e. The molecule has 0 unspecified atom stereocenters. The van der Waals surface area contributed by atoms with Crippen LogP contribution in [-0.2, 0) is 5.41 Å². The summed E-state index contributed by atoms with van der Waals surface area (Å²) < 4.78 is 5.62. The Balaban J connectivity index is 2.06. The van der Waals surface area contributed by atoms with E-state index in [2.05, 4.69) is 41.7 Å². The number of hydrogen-bond acceptors (Lipinski definition) is 5. The average Bonchev–Trinajstić information content (AvgIpc) is 2.94. The number of rotatable bonds is 6. The number of nitrogen functional groups attached to an aromatic ring is 1.